The Balaban J connectivity index is 1.95. The van der Waals surface area contributed by atoms with Crippen molar-refractivity contribution in [2.45, 2.75) is 33.7 Å². The molecule has 3 nitrogen and oxygen atoms in total. The maximum atomic E-state index is 11.8. The van der Waals surface area contributed by atoms with Gasteiger partial charge in [-0.3, -0.25) is 4.90 Å². The van der Waals surface area contributed by atoms with Crippen LogP contribution in [0.3, 0.4) is 0 Å². The summed E-state index contributed by atoms with van der Waals surface area (Å²) in [6.45, 7) is 9.68. The van der Waals surface area contributed by atoms with E-state index < -0.39 is 0 Å². The van der Waals surface area contributed by atoms with Crippen molar-refractivity contribution in [1.29, 1.82) is 0 Å². The largest absolute Gasteiger partial charge is 0.423 e. The van der Waals surface area contributed by atoms with Gasteiger partial charge in [0, 0.05) is 31.1 Å². The van der Waals surface area contributed by atoms with Crippen molar-refractivity contribution in [2.75, 3.05) is 13.1 Å². The minimum atomic E-state index is -0.249. The highest BCUT2D eigenvalue weighted by Gasteiger charge is 2.22. The molecule has 1 aromatic carbocycles. The minimum Gasteiger partial charge on any atom is -0.423 e. The van der Waals surface area contributed by atoms with Crippen LogP contribution in [0, 0.1) is 18.8 Å². The second-order valence-corrected chi connectivity index (χ2v) is 6.73. The van der Waals surface area contributed by atoms with Gasteiger partial charge in [0.1, 0.15) is 5.58 Å². The Morgan fingerprint density at radius 1 is 1.19 bits per heavy atom. The van der Waals surface area contributed by atoms with Crippen LogP contribution in [0.2, 0.25) is 0 Å². The number of rotatable bonds is 2. The van der Waals surface area contributed by atoms with E-state index in [-0.39, 0.29) is 5.63 Å². The van der Waals surface area contributed by atoms with Gasteiger partial charge in [-0.25, -0.2) is 4.79 Å². The Labute approximate surface area is 125 Å². The summed E-state index contributed by atoms with van der Waals surface area (Å²) in [7, 11) is 0. The fourth-order valence-corrected chi connectivity index (χ4v) is 3.63. The molecule has 0 aliphatic carbocycles. The average Bonchev–Trinajstić information content (AvgIpc) is 2.36. The van der Waals surface area contributed by atoms with Crippen molar-refractivity contribution >= 4 is 11.0 Å². The van der Waals surface area contributed by atoms with E-state index in [1.165, 1.54) is 6.42 Å². The monoisotopic (exact) mass is 285 g/mol. The van der Waals surface area contributed by atoms with Crippen LogP contribution in [0.4, 0.5) is 0 Å². The van der Waals surface area contributed by atoms with Crippen LogP contribution in [0.5, 0.6) is 0 Å². The van der Waals surface area contributed by atoms with Gasteiger partial charge in [-0.05, 0) is 42.4 Å². The van der Waals surface area contributed by atoms with E-state index in [4.69, 9.17) is 4.42 Å². The first-order valence-electron chi connectivity index (χ1n) is 7.77. The molecular weight excluding hydrogens is 262 g/mol. The summed E-state index contributed by atoms with van der Waals surface area (Å²) in [6, 6.07) is 7.75. The lowest BCUT2D eigenvalue weighted by molar-refractivity contribution is 0.134. The SMILES string of the molecule is Cc1ccc2c(CN3C[C@@H](C)C[C@H](C)C3)cc(=O)oc2c1. The van der Waals surface area contributed by atoms with E-state index in [1.54, 1.807) is 6.07 Å². The molecule has 2 atom stereocenters. The molecule has 0 bridgehead atoms. The molecular formula is C18H23NO2. The molecule has 3 rings (SSSR count). The quantitative estimate of drug-likeness (QED) is 0.791. The van der Waals surface area contributed by atoms with Crippen molar-refractivity contribution in [2.24, 2.45) is 11.8 Å². The molecule has 2 aromatic rings. The molecule has 0 N–H and O–H groups in total. The third kappa shape index (κ3) is 3.18. The molecule has 1 aromatic heterocycles. The van der Waals surface area contributed by atoms with Gasteiger partial charge in [-0.1, -0.05) is 26.0 Å². The number of likely N-dealkylation sites (tertiary alicyclic amines) is 1. The van der Waals surface area contributed by atoms with Gasteiger partial charge in [0.25, 0.3) is 0 Å². The van der Waals surface area contributed by atoms with Gasteiger partial charge >= 0.3 is 5.63 Å². The van der Waals surface area contributed by atoms with Crippen molar-refractivity contribution in [3.8, 4) is 0 Å². The maximum Gasteiger partial charge on any atom is 0.336 e. The molecule has 1 fully saturated rings. The number of hydrogen-bond donors (Lipinski definition) is 0. The number of piperidine rings is 1. The van der Waals surface area contributed by atoms with Crippen molar-refractivity contribution in [3.63, 3.8) is 0 Å². The molecule has 21 heavy (non-hydrogen) atoms. The molecule has 0 saturated carbocycles. The highest BCUT2D eigenvalue weighted by atomic mass is 16.4. The molecule has 1 saturated heterocycles. The first-order chi connectivity index (χ1) is 10.0. The van der Waals surface area contributed by atoms with E-state index in [0.29, 0.717) is 5.58 Å². The molecule has 1 aliphatic rings. The van der Waals surface area contributed by atoms with Gasteiger partial charge in [0.05, 0.1) is 0 Å². The Kier molecular flexibility index (Phi) is 3.85. The van der Waals surface area contributed by atoms with Crippen LogP contribution in [0.15, 0.2) is 33.5 Å². The second-order valence-electron chi connectivity index (χ2n) is 6.73. The maximum absolute atomic E-state index is 11.8. The van der Waals surface area contributed by atoms with Gasteiger partial charge < -0.3 is 4.42 Å². The smallest absolute Gasteiger partial charge is 0.336 e. The summed E-state index contributed by atoms with van der Waals surface area (Å²) in [5.74, 6) is 1.45. The zero-order chi connectivity index (χ0) is 15.0. The average molecular weight is 285 g/mol. The fraction of sp³-hybridized carbons (Fsp3) is 0.500. The van der Waals surface area contributed by atoms with E-state index in [2.05, 4.69) is 30.9 Å². The lowest BCUT2D eigenvalue weighted by Gasteiger charge is -2.35. The van der Waals surface area contributed by atoms with Crippen molar-refractivity contribution in [3.05, 3.63) is 45.8 Å². The number of fused-ring (bicyclic) bond motifs is 1. The number of benzene rings is 1. The van der Waals surface area contributed by atoms with Crippen molar-refractivity contribution < 1.29 is 4.42 Å². The van der Waals surface area contributed by atoms with E-state index in [1.807, 2.05) is 13.0 Å². The summed E-state index contributed by atoms with van der Waals surface area (Å²) < 4.78 is 5.34. The van der Waals surface area contributed by atoms with Crippen LogP contribution in [0.1, 0.15) is 31.4 Å². The van der Waals surface area contributed by atoms with Gasteiger partial charge in [0.15, 0.2) is 0 Å². The highest BCUT2D eigenvalue weighted by molar-refractivity contribution is 5.80. The number of hydrogen-bond acceptors (Lipinski definition) is 3. The third-order valence-corrected chi connectivity index (χ3v) is 4.32. The standard InChI is InChI=1S/C18H23NO2/c1-12-4-5-16-15(8-18(20)21-17(16)7-12)11-19-9-13(2)6-14(3)10-19/h4-5,7-8,13-14H,6,9-11H2,1-3H3/t13-,14-/m0/s1. The predicted octanol–water partition coefficient (Wildman–Crippen LogP) is 3.58. The van der Waals surface area contributed by atoms with Crippen LogP contribution in [-0.4, -0.2) is 18.0 Å². The molecule has 1 aliphatic heterocycles. The fourth-order valence-electron chi connectivity index (χ4n) is 3.63. The van der Waals surface area contributed by atoms with Crippen LogP contribution in [0.25, 0.3) is 11.0 Å². The lowest BCUT2D eigenvalue weighted by Crippen LogP contribution is -2.38. The van der Waals surface area contributed by atoms with E-state index in [0.717, 1.165) is 48.0 Å². The Morgan fingerprint density at radius 3 is 2.62 bits per heavy atom. The van der Waals surface area contributed by atoms with Crippen LogP contribution in [-0.2, 0) is 6.54 Å². The highest BCUT2D eigenvalue weighted by Crippen LogP contribution is 2.25. The first kappa shape index (κ1) is 14.3. The predicted molar refractivity (Wildman–Crippen MR) is 85.4 cm³/mol. The second kappa shape index (κ2) is 5.64. The first-order valence-corrected chi connectivity index (χ1v) is 7.77. The summed E-state index contributed by atoms with van der Waals surface area (Å²) >= 11 is 0. The molecule has 0 amide bonds. The van der Waals surface area contributed by atoms with Gasteiger partial charge in [-0.2, -0.15) is 0 Å². The molecule has 112 valence electrons. The molecule has 0 radical (unpaired) electrons. The van der Waals surface area contributed by atoms with Crippen LogP contribution < -0.4 is 5.63 Å². The normalized spacial score (nSPS) is 23.6. The summed E-state index contributed by atoms with van der Waals surface area (Å²) in [6.07, 6.45) is 1.30. The minimum absolute atomic E-state index is 0.249. The molecule has 0 spiro atoms. The third-order valence-electron chi connectivity index (χ3n) is 4.32. The number of nitrogens with zero attached hydrogens (tertiary/aromatic N) is 1. The summed E-state index contributed by atoms with van der Waals surface area (Å²) in [4.78, 5) is 14.3. The summed E-state index contributed by atoms with van der Waals surface area (Å²) in [5.41, 5.74) is 2.65. The van der Waals surface area contributed by atoms with Crippen molar-refractivity contribution in [1.82, 2.24) is 4.90 Å². The zero-order valence-corrected chi connectivity index (χ0v) is 13.1. The zero-order valence-electron chi connectivity index (χ0n) is 13.1. The Morgan fingerprint density at radius 2 is 1.90 bits per heavy atom. The van der Waals surface area contributed by atoms with E-state index in [9.17, 15) is 4.79 Å². The van der Waals surface area contributed by atoms with Gasteiger partial charge in [-0.15, -0.1) is 0 Å². The molecule has 2 heterocycles. The topological polar surface area (TPSA) is 33.5 Å². The van der Waals surface area contributed by atoms with Gasteiger partial charge in [0.2, 0.25) is 0 Å². The summed E-state index contributed by atoms with van der Waals surface area (Å²) in [5, 5.41) is 1.06. The molecule has 3 heteroatoms. The number of aryl methyl sites for hydroxylation is 1. The lowest BCUT2D eigenvalue weighted by atomic mass is 9.91. The van der Waals surface area contributed by atoms with E-state index >= 15 is 0 Å². The Bertz CT molecular complexity index is 694. The Hall–Kier alpha value is -1.61. The van der Waals surface area contributed by atoms with Crippen LogP contribution >= 0.6 is 0 Å². The molecule has 0 unspecified atom stereocenters.